The van der Waals surface area contributed by atoms with Crippen molar-refractivity contribution in [2.75, 3.05) is 7.11 Å². The van der Waals surface area contributed by atoms with E-state index in [0.29, 0.717) is 0 Å². The highest BCUT2D eigenvalue weighted by atomic mass is 16.7. The molecule has 88 valence electrons. The van der Waals surface area contributed by atoms with Crippen molar-refractivity contribution < 1.29 is 14.3 Å². The van der Waals surface area contributed by atoms with Crippen molar-refractivity contribution in [1.29, 1.82) is 0 Å². The molecule has 2 rings (SSSR count). The van der Waals surface area contributed by atoms with Gasteiger partial charge in [0.25, 0.3) is 0 Å². The predicted molar refractivity (Wildman–Crippen MR) is 65.9 cm³/mol. The molecule has 1 atom stereocenters. The second-order valence-electron chi connectivity index (χ2n) is 3.82. The van der Waals surface area contributed by atoms with Gasteiger partial charge in [0.2, 0.25) is 0 Å². The smallest absolute Gasteiger partial charge is 0.438 e. The average Bonchev–Trinajstić information content (AvgIpc) is 2.38. The van der Waals surface area contributed by atoms with Crippen LogP contribution in [-0.4, -0.2) is 13.3 Å². The fourth-order valence-electron chi connectivity index (χ4n) is 1.72. The molecule has 0 saturated heterocycles. The first-order chi connectivity index (χ1) is 8.20. The Balaban J connectivity index is 2.26. The molecule has 0 bridgehead atoms. The number of hydrogen-bond donors (Lipinski definition) is 0. The molecule has 0 saturated carbocycles. The van der Waals surface area contributed by atoms with E-state index in [1.54, 1.807) is 0 Å². The summed E-state index contributed by atoms with van der Waals surface area (Å²) in [4.78, 5) is 11.0. The molecule has 0 N–H and O–H groups in total. The minimum absolute atomic E-state index is 0.313. The summed E-state index contributed by atoms with van der Waals surface area (Å²) in [5.41, 5.74) is 0.953. The standard InChI is InChI=1S/C14H14O3/c1-10(17-14(15)16-2)12-8-7-11-5-3-4-6-13(11)9-12/h3-10H,1-2H3. The maximum atomic E-state index is 11.0. The van der Waals surface area contributed by atoms with Gasteiger partial charge in [-0.1, -0.05) is 36.4 Å². The number of fused-ring (bicyclic) bond motifs is 1. The number of carbonyl (C=O) groups is 1. The fourth-order valence-corrected chi connectivity index (χ4v) is 1.72. The van der Waals surface area contributed by atoms with Crippen LogP contribution in [0.15, 0.2) is 42.5 Å². The van der Waals surface area contributed by atoms with Gasteiger partial charge in [-0.25, -0.2) is 4.79 Å². The summed E-state index contributed by atoms with van der Waals surface area (Å²) in [6.07, 6.45) is -0.974. The first kappa shape index (κ1) is 11.5. The lowest BCUT2D eigenvalue weighted by Crippen LogP contribution is -2.08. The topological polar surface area (TPSA) is 35.5 Å². The second-order valence-corrected chi connectivity index (χ2v) is 3.82. The van der Waals surface area contributed by atoms with Crippen molar-refractivity contribution in [3.63, 3.8) is 0 Å². The lowest BCUT2D eigenvalue weighted by Gasteiger charge is -2.13. The monoisotopic (exact) mass is 230 g/mol. The molecule has 2 aromatic carbocycles. The summed E-state index contributed by atoms with van der Waals surface area (Å²) >= 11 is 0. The van der Waals surface area contributed by atoms with E-state index in [-0.39, 0.29) is 6.10 Å². The average molecular weight is 230 g/mol. The van der Waals surface area contributed by atoms with Crippen LogP contribution in [-0.2, 0) is 9.47 Å². The van der Waals surface area contributed by atoms with Gasteiger partial charge in [-0.15, -0.1) is 0 Å². The molecule has 0 heterocycles. The number of rotatable bonds is 2. The first-order valence-corrected chi connectivity index (χ1v) is 5.44. The molecule has 3 heteroatoms. The highest BCUT2D eigenvalue weighted by Crippen LogP contribution is 2.22. The quantitative estimate of drug-likeness (QED) is 0.738. The van der Waals surface area contributed by atoms with Crippen LogP contribution in [0.25, 0.3) is 10.8 Å². The van der Waals surface area contributed by atoms with Crippen LogP contribution in [0, 0.1) is 0 Å². The SMILES string of the molecule is COC(=O)OC(C)c1ccc2ccccc2c1. The van der Waals surface area contributed by atoms with Gasteiger partial charge in [0, 0.05) is 0 Å². The van der Waals surface area contributed by atoms with Crippen molar-refractivity contribution in [2.24, 2.45) is 0 Å². The Hall–Kier alpha value is -2.03. The predicted octanol–water partition coefficient (Wildman–Crippen LogP) is 3.68. The zero-order valence-corrected chi connectivity index (χ0v) is 9.84. The number of benzene rings is 2. The van der Waals surface area contributed by atoms with Crippen molar-refractivity contribution in [2.45, 2.75) is 13.0 Å². The van der Waals surface area contributed by atoms with Gasteiger partial charge in [0.05, 0.1) is 7.11 Å². The van der Waals surface area contributed by atoms with Crippen LogP contribution in [0.1, 0.15) is 18.6 Å². The highest BCUT2D eigenvalue weighted by Gasteiger charge is 2.11. The zero-order chi connectivity index (χ0) is 12.3. The molecule has 0 aliphatic carbocycles. The van der Waals surface area contributed by atoms with Crippen molar-refractivity contribution >= 4 is 16.9 Å². The minimum atomic E-state index is -0.661. The Morgan fingerprint density at radius 1 is 1.12 bits per heavy atom. The van der Waals surface area contributed by atoms with Crippen LogP contribution in [0.4, 0.5) is 4.79 Å². The Labute approximate surface area is 100.0 Å². The molecular formula is C14H14O3. The molecule has 0 amide bonds. The minimum Gasteiger partial charge on any atom is -0.438 e. The van der Waals surface area contributed by atoms with Gasteiger partial charge in [-0.3, -0.25) is 0 Å². The van der Waals surface area contributed by atoms with E-state index in [1.807, 2.05) is 49.4 Å². The number of hydrogen-bond acceptors (Lipinski definition) is 3. The van der Waals surface area contributed by atoms with E-state index >= 15 is 0 Å². The normalized spacial score (nSPS) is 12.1. The second kappa shape index (κ2) is 4.87. The fraction of sp³-hybridized carbons (Fsp3) is 0.214. The van der Waals surface area contributed by atoms with E-state index in [1.165, 1.54) is 12.5 Å². The van der Waals surface area contributed by atoms with Crippen LogP contribution in [0.3, 0.4) is 0 Å². The molecular weight excluding hydrogens is 216 g/mol. The summed E-state index contributed by atoms with van der Waals surface area (Å²) in [6, 6.07) is 14.0. The third-order valence-corrected chi connectivity index (χ3v) is 2.68. The van der Waals surface area contributed by atoms with Crippen molar-refractivity contribution in [3.8, 4) is 0 Å². The third kappa shape index (κ3) is 2.56. The van der Waals surface area contributed by atoms with Gasteiger partial charge >= 0.3 is 6.16 Å². The van der Waals surface area contributed by atoms with Gasteiger partial charge < -0.3 is 9.47 Å². The molecule has 1 unspecified atom stereocenters. The van der Waals surface area contributed by atoms with Crippen LogP contribution in [0.5, 0.6) is 0 Å². The Kier molecular flexibility index (Phi) is 3.28. The molecule has 0 aliphatic heterocycles. The Bertz CT molecular complexity index is 534. The molecule has 2 aromatic rings. The molecule has 0 radical (unpaired) electrons. The van der Waals surface area contributed by atoms with Gasteiger partial charge in [0.1, 0.15) is 6.10 Å². The van der Waals surface area contributed by atoms with E-state index in [9.17, 15) is 4.79 Å². The van der Waals surface area contributed by atoms with E-state index in [4.69, 9.17) is 4.74 Å². The molecule has 0 fully saturated rings. The maximum absolute atomic E-state index is 11.0. The largest absolute Gasteiger partial charge is 0.508 e. The molecule has 0 aromatic heterocycles. The van der Waals surface area contributed by atoms with E-state index in [0.717, 1.165) is 10.9 Å². The van der Waals surface area contributed by atoms with Crippen molar-refractivity contribution in [1.82, 2.24) is 0 Å². The highest BCUT2D eigenvalue weighted by molar-refractivity contribution is 5.83. The van der Waals surface area contributed by atoms with Gasteiger partial charge in [-0.2, -0.15) is 0 Å². The molecule has 0 aliphatic rings. The van der Waals surface area contributed by atoms with Gasteiger partial charge in [0.15, 0.2) is 0 Å². The summed E-state index contributed by atoms with van der Waals surface area (Å²) in [5.74, 6) is 0. The molecule has 17 heavy (non-hydrogen) atoms. The lowest BCUT2D eigenvalue weighted by molar-refractivity contribution is 0.0430. The lowest BCUT2D eigenvalue weighted by atomic mass is 10.0. The summed E-state index contributed by atoms with van der Waals surface area (Å²) in [7, 11) is 1.30. The Morgan fingerprint density at radius 2 is 1.82 bits per heavy atom. The Morgan fingerprint density at radius 3 is 2.53 bits per heavy atom. The first-order valence-electron chi connectivity index (χ1n) is 5.44. The zero-order valence-electron chi connectivity index (χ0n) is 9.84. The van der Waals surface area contributed by atoms with E-state index in [2.05, 4.69) is 4.74 Å². The number of carbonyl (C=O) groups excluding carboxylic acids is 1. The van der Waals surface area contributed by atoms with Gasteiger partial charge in [-0.05, 0) is 29.3 Å². The van der Waals surface area contributed by atoms with Crippen LogP contribution >= 0.6 is 0 Å². The summed E-state index contributed by atoms with van der Waals surface area (Å²) < 4.78 is 9.54. The molecule has 3 nitrogen and oxygen atoms in total. The van der Waals surface area contributed by atoms with E-state index < -0.39 is 6.16 Å². The summed E-state index contributed by atoms with van der Waals surface area (Å²) in [6.45, 7) is 1.82. The van der Waals surface area contributed by atoms with Crippen LogP contribution in [0.2, 0.25) is 0 Å². The molecule has 0 spiro atoms. The maximum Gasteiger partial charge on any atom is 0.508 e. The number of methoxy groups -OCH3 is 1. The third-order valence-electron chi connectivity index (χ3n) is 2.68. The number of ether oxygens (including phenoxy) is 2. The summed E-state index contributed by atoms with van der Waals surface area (Å²) in [5, 5.41) is 2.30. The van der Waals surface area contributed by atoms with Crippen molar-refractivity contribution in [3.05, 3.63) is 48.0 Å². The van der Waals surface area contributed by atoms with Crippen LogP contribution < -0.4 is 0 Å².